The standard InChI is InChI=1S/C8H11NO3S.C6H9NO5S/c1-3-12-8(11)4-7(5-9)13-6(2)10;1-2-10-6(8)3-5(4-7)13-12-11-9/h7H,3-4H2,1-2H3;5,9H,2-3H2,1H3. The van der Waals surface area contributed by atoms with Crippen molar-refractivity contribution < 1.29 is 38.5 Å². The van der Waals surface area contributed by atoms with Crippen LogP contribution in [0.3, 0.4) is 0 Å². The van der Waals surface area contributed by atoms with Crippen LogP contribution in [0.2, 0.25) is 0 Å². The number of carbonyl (C=O) groups is 3. The molecule has 0 aliphatic heterocycles. The van der Waals surface area contributed by atoms with Gasteiger partial charge in [0, 0.05) is 6.92 Å². The van der Waals surface area contributed by atoms with E-state index in [1.54, 1.807) is 19.9 Å². The Kier molecular flexibility index (Phi) is 18.3. The molecule has 10 nitrogen and oxygen atoms in total. The molecule has 1 N–H and O–H groups in total. The Balaban J connectivity index is 0. The second-order valence-electron chi connectivity index (χ2n) is 4.10. The summed E-state index contributed by atoms with van der Waals surface area (Å²) in [6.07, 6.45) is -0.146. The van der Waals surface area contributed by atoms with Crippen molar-refractivity contribution in [1.82, 2.24) is 0 Å². The maximum absolute atomic E-state index is 10.9. The minimum absolute atomic E-state index is 0.0331. The zero-order valence-electron chi connectivity index (χ0n) is 14.5. The highest BCUT2D eigenvalue weighted by molar-refractivity contribution is 8.14. The first-order valence-electron chi connectivity index (χ1n) is 7.25. The lowest BCUT2D eigenvalue weighted by Crippen LogP contribution is -2.13. The van der Waals surface area contributed by atoms with Crippen molar-refractivity contribution in [2.24, 2.45) is 0 Å². The molecule has 0 aromatic rings. The number of thioether (sulfide) groups is 1. The van der Waals surface area contributed by atoms with Gasteiger partial charge in [-0.1, -0.05) is 16.8 Å². The van der Waals surface area contributed by atoms with Crippen molar-refractivity contribution in [3.63, 3.8) is 0 Å². The number of nitrogens with zero attached hydrogens (tertiary/aromatic N) is 2. The predicted molar refractivity (Wildman–Crippen MR) is 92.0 cm³/mol. The summed E-state index contributed by atoms with van der Waals surface area (Å²) < 4.78 is 13.2. The maximum Gasteiger partial charge on any atom is 0.308 e. The quantitative estimate of drug-likeness (QED) is 0.243. The number of ether oxygens (including phenoxy) is 2. The van der Waals surface area contributed by atoms with E-state index in [0.717, 1.165) is 11.8 Å². The first-order valence-corrected chi connectivity index (χ1v) is 8.94. The highest BCUT2D eigenvalue weighted by atomic mass is 32.2. The van der Waals surface area contributed by atoms with Crippen LogP contribution in [0.25, 0.3) is 0 Å². The van der Waals surface area contributed by atoms with Crippen LogP contribution < -0.4 is 0 Å². The number of hydrogen-bond acceptors (Lipinski definition) is 12. The van der Waals surface area contributed by atoms with Crippen LogP contribution in [-0.4, -0.2) is 46.0 Å². The van der Waals surface area contributed by atoms with E-state index in [1.165, 1.54) is 6.92 Å². The topological polar surface area (TPSA) is 156 Å². The Morgan fingerprint density at radius 2 is 1.46 bits per heavy atom. The van der Waals surface area contributed by atoms with Gasteiger partial charge < -0.3 is 9.47 Å². The van der Waals surface area contributed by atoms with Crippen molar-refractivity contribution in [3.8, 4) is 12.1 Å². The first kappa shape index (κ1) is 26.4. The van der Waals surface area contributed by atoms with Crippen LogP contribution in [-0.2, 0) is 33.2 Å². The molecule has 0 radical (unpaired) electrons. The molecule has 0 aliphatic carbocycles. The summed E-state index contributed by atoms with van der Waals surface area (Å²) in [6.45, 7) is 5.28. The van der Waals surface area contributed by atoms with Gasteiger partial charge >= 0.3 is 11.9 Å². The minimum Gasteiger partial charge on any atom is -0.466 e. The lowest BCUT2D eigenvalue weighted by molar-refractivity contribution is -0.432. The molecule has 0 aromatic heterocycles. The van der Waals surface area contributed by atoms with Gasteiger partial charge in [0.05, 0.1) is 50.2 Å². The van der Waals surface area contributed by atoms with Crippen LogP contribution >= 0.6 is 23.8 Å². The average Bonchev–Trinajstić information content (AvgIpc) is 2.58. The molecule has 0 bridgehead atoms. The fourth-order valence-corrected chi connectivity index (χ4v) is 2.27. The number of nitriles is 2. The van der Waals surface area contributed by atoms with Gasteiger partial charge in [-0.15, -0.1) is 4.33 Å². The van der Waals surface area contributed by atoms with E-state index in [0.29, 0.717) is 18.6 Å². The number of rotatable bonds is 10. The summed E-state index contributed by atoms with van der Waals surface area (Å²) in [5.74, 6) is -0.939. The highest BCUT2D eigenvalue weighted by Crippen LogP contribution is 2.16. The predicted octanol–water partition coefficient (Wildman–Crippen LogP) is 2.01. The molecule has 0 heterocycles. The van der Waals surface area contributed by atoms with Gasteiger partial charge in [0.25, 0.3) is 0 Å². The molecule has 146 valence electrons. The molecule has 2 atom stereocenters. The summed E-state index contributed by atoms with van der Waals surface area (Å²) in [5, 5.41) is 26.5. The summed E-state index contributed by atoms with van der Waals surface area (Å²) in [6, 6.07) is 3.64. The number of esters is 2. The van der Waals surface area contributed by atoms with Crippen molar-refractivity contribution in [2.75, 3.05) is 13.2 Å². The van der Waals surface area contributed by atoms with E-state index in [1.807, 2.05) is 6.07 Å². The fourth-order valence-electron chi connectivity index (χ4n) is 1.22. The number of carbonyl (C=O) groups excluding carboxylic acids is 3. The van der Waals surface area contributed by atoms with E-state index in [2.05, 4.69) is 18.8 Å². The van der Waals surface area contributed by atoms with Gasteiger partial charge in [0.2, 0.25) is 0 Å². The molecule has 0 aromatic carbocycles. The molecule has 0 spiro atoms. The van der Waals surface area contributed by atoms with Crippen LogP contribution in [0.4, 0.5) is 0 Å². The van der Waals surface area contributed by atoms with E-state index in [9.17, 15) is 14.4 Å². The zero-order valence-corrected chi connectivity index (χ0v) is 16.1. The summed E-state index contributed by atoms with van der Waals surface area (Å²) >= 11 is 1.39. The van der Waals surface area contributed by atoms with Gasteiger partial charge in [0.1, 0.15) is 10.5 Å². The van der Waals surface area contributed by atoms with Gasteiger partial charge in [0.15, 0.2) is 5.12 Å². The van der Waals surface area contributed by atoms with Crippen LogP contribution in [0, 0.1) is 22.7 Å². The maximum atomic E-state index is 10.9. The summed E-state index contributed by atoms with van der Waals surface area (Å²) in [5.41, 5.74) is 0. The lowest BCUT2D eigenvalue weighted by atomic mass is 10.3. The van der Waals surface area contributed by atoms with Crippen molar-refractivity contribution >= 4 is 40.9 Å². The third-order valence-electron chi connectivity index (χ3n) is 2.10. The van der Waals surface area contributed by atoms with Gasteiger partial charge in [-0.05, 0) is 13.8 Å². The molecule has 0 saturated heterocycles. The first-order chi connectivity index (χ1) is 12.3. The van der Waals surface area contributed by atoms with E-state index in [4.69, 9.17) is 15.8 Å². The molecule has 0 rings (SSSR count). The van der Waals surface area contributed by atoms with Crippen molar-refractivity contribution in [3.05, 3.63) is 0 Å². The lowest BCUT2D eigenvalue weighted by Gasteiger charge is -2.04. The third-order valence-corrected chi connectivity index (χ3v) is 3.63. The van der Waals surface area contributed by atoms with Crippen LogP contribution in [0.1, 0.15) is 33.6 Å². The Morgan fingerprint density at radius 3 is 1.81 bits per heavy atom. The molecule has 0 saturated carbocycles. The molecule has 0 fully saturated rings. The monoisotopic (exact) mass is 408 g/mol. The third kappa shape index (κ3) is 17.0. The smallest absolute Gasteiger partial charge is 0.308 e. The van der Waals surface area contributed by atoms with Gasteiger partial charge in [-0.3, -0.25) is 14.4 Å². The average molecular weight is 408 g/mol. The normalized spacial score (nSPS) is 11.6. The zero-order chi connectivity index (χ0) is 20.4. The largest absolute Gasteiger partial charge is 0.466 e. The van der Waals surface area contributed by atoms with Gasteiger partial charge in [-0.25, -0.2) is 5.26 Å². The van der Waals surface area contributed by atoms with E-state index < -0.39 is 22.4 Å². The molecule has 0 amide bonds. The summed E-state index contributed by atoms with van der Waals surface area (Å²) in [7, 11) is 0. The molecular formula is C14H20N2O8S2. The van der Waals surface area contributed by atoms with Crippen molar-refractivity contribution in [1.29, 1.82) is 10.5 Å². The Morgan fingerprint density at radius 1 is 1.00 bits per heavy atom. The Labute approximate surface area is 159 Å². The SMILES string of the molecule is CCOC(=O)CC(C#N)SC(C)=O.CCOC(=O)CC(C#N)SOOO. The van der Waals surface area contributed by atoms with E-state index in [-0.39, 0.29) is 24.6 Å². The second-order valence-corrected chi connectivity index (χ2v) is 6.38. The molecule has 12 heteroatoms. The van der Waals surface area contributed by atoms with E-state index >= 15 is 0 Å². The Bertz CT molecular complexity index is 518. The van der Waals surface area contributed by atoms with Crippen LogP contribution in [0.5, 0.6) is 0 Å². The number of hydrogen-bond donors (Lipinski definition) is 1. The fraction of sp³-hybridized carbons (Fsp3) is 0.643. The Hall–Kier alpha value is -1.83. The van der Waals surface area contributed by atoms with Crippen LogP contribution in [0.15, 0.2) is 0 Å². The molecular weight excluding hydrogens is 388 g/mol. The molecule has 0 aliphatic rings. The molecule has 2 unspecified atom stereocenters. The second kappa shape index (κ2) is 18.0. The molecule has 26 heavy (non-hydrogen) atoms. The summed E-state index contributed by atoms with van der Waals surface area (Å²) in [4.78, 5) is 32.3. The highest BCUT2D eigenvalue weighted by Gasteiger charge is 2.17. The minimum atomic E-state index is -0.758. The van der Waals surface area contributed by atoms with Gasteiger partial charge in [-0.2, -0.15) is 10.5 Å². The van der Waals surface area contributed by atoms with Crippen molar-refractivity contribution in [2.45, 2.75) is 44.1 Å².